The third-order valence-electron chi connectivity index (χ3n) is 5.47. The van der Waals surface area contributed by atoms with Gasteiger partial charge in [-0.15, -0.1) is 0 Å². The van der Waals surface area contributed by atoms with Gasteiger partial charge in [-0.3, -0.25) is 10.1 Å². The Morgan fingerprint density at radius 3 is 2.65 bits per heavy atom. The molecule has 5 rings (SSSR count). The number of carbonyl (C=O) groups excluding carboxylic acids is 3. The number of anilines is 2. The molecule has 3 aliphatic rings. The van der Waals surface area contributed by atoms with Crippen LogP contribution in [0.3, 0.4) is 0 Å². The Hall–Kier alpha value is -3.83. The number of amides is 4. The topological polar surface area (TPSA) is 133 Å². The second-order valence-electron chi connectivity index (χ2n) is 7.66. The molecule has 31 heavy (non-hydrogen) atoms. The Morgan fingerprint density at radius 2 is 2.00 bits per heavy atom. The smallest absolute Gasteiger partial charge is 0.409 e. The van der Waals surface area contributed by atoms with E-state index in [0.717, 1.165) is 24.5 Å². The zero-order valence-electron chi connectivity index (χ0n) is 16.9. The highest BCUT2D eigenvalue weighted by atomic mass is 16.5. The summed E-state index contributed by atoms with van der Waals surface area (Å²) in [7, 11) is 1.38. The molecule has 0 aromatic carbocycles. The van der Waals surface area contributed by atoms with Crippen molar-refractivity contribution in [1.82, 2.24) is 30.1 Å². The molecule has 4 amide bonds. The first-order valence-electron chi connectivity index (χ1n) is 10.1. The van der Waals surface area contributed by atoms with Gasteiger partial charge in [0.25, 0.3) is 5.91 Å². The highest BCUT2D eigenvalue weighted by Gasteiger charge is 2.27. The lowest BCUT2D eigenvalue weighted by molar-refractivity contribution is -0.115. The zero-order valence-corrected chi connectivity index (χ0v) is 16.9. The number of piperazine rings is 1. The normalized spacial score (nSPS) is 20.2. The molecule has 1 aliphatic carbocycles. The van der Waals surface area contributed by atoms with Crippen molar-refractivity contribution in [1.29, 1.82) is 0 Å². The van der Waals surface area contributed by atoms with E-state index in [1.165, 1.54) is 7.11 Å². The maximum absolute atomic E-state index is 11.9. The summed E-state index contributed by atoms with van der Waals surface area (Å²) in [6.07, 6.45) is 5.04. The molecule has 0 unspecified atom stereocenters. The molecule has 0 atom stereocenters. The largest absolute Gasteiger partial charge is 0.453 e. The Kier molecular flexibility index (Phi) is 4.60. The van der Waals surface area contributed by atoms with Crippen LogP contribution in [0.15, 0.2) is 18.0 Å². The number of imide groups is 1. The number of urea groups is 1. The summed E-state index contributed by atoms with van der Waals surface area (Å²) in [6, 6.07) is 1.80. The highest BCUT2D eigenvalue weighted by Crippen LogP contribution is 2.29. The van der Waals surface area contributed by atoms with Crippen molar-refractivity contribution in [2.75, 3.05) is 43.5 Å². The second kappa shape index (κ2) is 7.45. The lowest BCUT2D eigenvalue weighted by Gasteiger charge is -2.34. The van der Waals surface area contributed by atoms with Crippen molar-refractivity contribution in [3.63, 3.8) is 0 Å². The Bertz CT molecular complexity index is 1100. The van der Waals surface area contributed by atoms with Gasteiger partial charge in [0.05, 0.1) is 13.3 Å². The summed E-state index contributed by atoms with van der Waals surface area (Å²) in [5.74, 6) is 1.07. The number of aromatic nitrogens is 3. The molecule has 0 radical (unpaired) electrons. The predicted octanol–water partition coefficient (Wildman–Crippen LogP) is 0.372. The summed E-state index contributed by atoms with van der Waals surface area (Å²) >= 11 is 0. The van der Waals surface area contributed by atoms with Crippen LogP contribution in [-0.4, -0.2) is 76.9 Å². The van der Waals surface area contributed by atoms with E-state index in [2.05, 4.69) is 25.9 Å². The molecule has 1 saturated carbocycles. The molecule has 162 valence electrons. The zero-order chi connectivity index (χ0) is 21.5. The minimum atomic E-state index is -0.555. The second-order valence-corrected chi connectivity index (χ2v) is 7.66. The van der Waals surface area contributed by atoms with E-state index in [1.54, 1.807) is 21.7 Å². The van der Waals surface area contributed by atoms with E-state index in [4.69, 9.17) is 9.72 Å². The van der Waals surface area contributed by atoms with E-state index >= 15 is 0 Å². The van der Waals surface area contributed by atoms with E-state index < -0.39 is 11.9 Å². The number of ether oxygens (including phenoxy) is 1. The summed E-state index contributed by atoms with van der Waals surface area (Å²) in [4.78, 5) is 43.7. The summed E-state index contributed by atoms with van der Waals surface area (Å²) in [6.45, 7) is 2.30. The minimum absolute atomic E-state index is 0.149. The number of fused-ring (bicyclic) bond motifs is 1. The molecule has 2 saturated heterocycles. The van der Waals surface area contributed by atoms with Crippen molar-refractivity contribution >= 4 is 41.4 Å². The first-order chi connectivity index (χ1) is 15.0. The average molecular weight is 426 g/mol. The standard InChI is InChI=1S/C19H22N8O4/c1-31-19(30)26-6-4-25(5-7-26)14-9-15(21-12-2-3-12)27-16(23-14)11(10-20-27)8-13-17(28)24-18(29)22-13/h8-10,12,21H,2-7H2,1H3,(H2,22,24,28,29)/b13-8-. The van der Waals surface area contributed by atoms with Gasteiger partial charge in [-0.05, 0) is 18.9 Å². The molecule has 2 aromatic rings. The third kappa shape index (κ3) is 3.71. The molecule has 2 aromatic heterocycles. The van der Waals surface area contributed by atoms with Crippen molar-refractivity contribution < 1.29 is 19.1 Å². The highest BCUT2D eigenvalue weighted by molar-refractivity contribution is 6.14. The average Bonchev–Trinajstić information content (AvgIpc) is 3.41. The predicted molar refractivity (Wildman–Crippen MR) is 110 cm³/mol. The first-order valence-corrected chi connectivity index (χ1v) is 10.1. The number of carbonyl (C=O) groups is 3. The molecule has 4 heterocycles. The van der Waals surface area contributed by atoms with Crippen molar-refractivity contribution in [3.05, 3.63) is 23.5 Å². The van der Waals surface area contributed by atoms with Crippen molar-refractivity contribution in [2.24, 2.45) is 0 Å². The maximum atomic E-state index is 11.9. The van der Waals surface area contributed by atoms with Crippen molar-refractivity contribution in [3.8, 4) is 0 Å². The van der Waals surface area contributed by atoms with Crippen LogP contribution >= 0.6 is 0 Å². The van der Waals surface area contributed by atoms with Crippen LogP contribution in [0.5, 0.6) is 0 Å². The lowest BCUT2D eigenvalue weighted by Crippen LogP contribution is -2.49. The van der Waals surface area contributed by atoms with E-state index in [-0.39, 0.29) is 11.8 Å². The monoisotopic (exact) mass is 426 g/mol. The van der Waals surface area contributed by atoms with Crippen LogP contribution in [0.1, 0.15) is 18.4 Å². The molecule has 0 bridgehead atoms. The van der Waals surface area contributed by atoms with E-state index in [0.29, 0.717) is 43.4 Å². The molecule has 3 N–H and O–H groups in total. The molecule has 0 spiro atoms. The quantitative estimate of drug-likeness (QED) is 0.472. The fourth-order valence-corrected chi connectivity index (χ4v) is 3.66. The first kappa shape index (κ1) is 19.2. The van der Waals surface area contributed by atoms with E-state index in [1.807, 2.05) is 6.07 Å². The lowest BCUT2D eigenvalue weighted by atomic mass is 10.2. The number of hydrogen-bond acceptors (Lipinski definition) is 8. The van der Waals surface area contributed by atoms with Crippen LogP contribution in [0.4, 0.5) is 21.2 Å². The van der Waals surface area contributed by atoms with Crippen LogP contribution in [0.25, 0.3) is 11.7 Å². The Morgan fingerprint density at radius 1 is 1.23 bits per heavy atom. The molecule has 3 fully saturated rings. The molecule has 2 aliphatic heterocycles. The summed E-state index contributed by atoms with van der Waals surface area (Å²) < 4.78 is 6.51. The number of rotatable bonds is 4. The van der Waals surface area contributed by atoms with Crippen LogP contribution < -0.4 is 20.9 Å². The number of nitrogens with zero attached hydrogens (tertiary/aromatic N) is 5. The number of hydrogen-bond donors (Lipinski definition) is 3. The molecule has 12 heteroatoms. The Balaban J connectivity index is 1.49. The van der Waals surface area contributed by atoms with Gasteiger partial charge in [0.15, 0.2) is 5.65 Å². The fourth-order valence-electron chi connectivity index (χ4n) is 3.66. The number of methoxy groups -OCH3 is 1. The van der Waals surface area contributed by atoms with Gasteiger partial charge in [-0.2, -0.15) is 9.61 Å². The van der Waals surface area contributed by atoms with Gasteiger partial charge < -0.3 is 25.2 Å². The molecular weight excluding hydrogens is 404 g/mol. The maximum Gasteiger partial charge on any atom is 0.409 e. The van der Waals surface area contributed by atoms with Gasteiger partial charge in [-0.1, -0.05) is 0 Å². The summed E-state index contributed by atoms with van der Waals surface area (Å²) in [5.41, 5.74) is 1.33. The number of nitrogens with one attached hydrogen (secondary N) is 3. The van der Waals surface area contributed by atoms with E-state index in [9.17, 15) is 14.4 Å². The summed E-state index contributed by atoms with van der Waals surface area (Å²) in [5, 5.41) is 12.6. The fraction of sp³-hybridized carbons (Fsp3) is 0.421. The van der Waals surface area contributed by atoms with Crippen LogP contribution in [0.2, 0.25) is 0 Å². The molecular formula is C19H22N8O4. The Labute approximate surface area is 177 Å². The van der Waals surface area contributed by atoms with Gasteiger partial charge in [-0.25, -0.2) is 14.6 Å². The van der Waals surface area contributed by atoms with Gasteiger partial charge in [0, 0.05) is 43.9 Å². The van der Waals surface area contributed by atoms with Crippen LogP contribution in [-0.2, 0) is 9.53 Å². The van der Waals surface area contributed by atoms with Gasteiger partial charge in [0.2, 0.25) is 0 Å². The molecule has 12 nitrogen and oxygen atoms in total. The minimum Gasteiger partial charge on any atom is -0.453 e. The van der Waals surface area contributed by atoms with Gasteiger partial charge in [0.1, 0.15) is 17.3 Å². The van der Waals surface area contributed by atoms with Crippen molar-refractivity contribution in [2.45, 2.75) is 18.9 Å². The third-order valence-corrected chi connectivity index (χ3v) is 5.47. The van der Waals surface area contributed by atoms with Gasteiger partial charge >= 0.3 is 12.1 Å². The van der Waals surface area contributed by atoms with Crippen LogP contribution in [0, 0.1) is 0 Å². The SMILES string of the molecule is COC(=O)N1CCN(c2cc(NC3CC3)n3ncc(/C=C4\NC(=O)NC4=O)c3n2)CC1.